The molecule has 8 aromatic heterocycles. The van der Waals surface area contributed by atoms with E-state index in [0.29, 0.717) is 80.7 Å². The van der Waals surface area contributed by atoms with Crippen LogP contribution in [0.4, 0.5) is 73.4 Å². The summed E-state index contributed by atoms with van der Waals surface area (Å²) in [6.45, 7) is 24.4. The summed E-state index contributed by atoms with van der Waals surface area (Å²) in [6, 6.07) is 8.07. The molecule has 0 saturated heterocycles. The minimum Gasteiger partial charge on any atom is -0.870 e. The molecule has 0 unspecified atom stereocenters. The van der Waals surface area contributed by atoms with Crippen molar-refractivity contribution in [2.45, 2.75) is 226 Å². The van der Waals surface area contributed by atoms with Gasteiger partial charge in [-0.05, 0) is 121 Å². The van der Waals surface area contributed by atoms with Crippen LogP contribution in [0, 0.1) is 6.92 Å². The Morgan fingerprint density at radius 1 is 0.433 bits per heavy atom. The number of hydrogen-bond donors (Lipinski definition) is 10. The van der Waals surface area contributed by atoms with E-state index in [-0.39, 0.29) is 176 Å². The molecule has 32 nitrogen and oxygen atoms in total. The molecule has 14 N–H and O–H groups in total. The number of alkyl halides is 6. The molecule has 2 atom stereocenters. The van der Waals surface area contributed by atoms with E-state index in [1.54, 1.807) is 26.6 Å². The molecular weight excluding hydrogens is 1770 g/mol. The first-order valence-corrected chi connectivity index (χ1v) is 41.3. The van der Waals surface area contributed by atoms with E-state index in [1.807, 2.05) is 74.4 Å². The number of pyridine rings is 4. The van der Waals surface area contributed by atoms with E-state index >= 15 is 0 Å². The summed E-state index contributed by atoms with van der Waals surface area (Å²) >= 11 is 7.87. The van der Waals surface area contributed by atoms with Crippen molar-refractivity contribution in [2.75, 3.05) is 86.3 Å². The molecule has 1 aliphatic carbocycles. The second kappa shape index (κ2) is 51.1. The van der Waals surface area contributed by atoms with Crippen molar-refractivity contribution in [3.63, 3.8) is 0 Å². The maximum absolute atomic E-state index is 12.9. The number of nitrogens with two attached hydrogens (primary N) is 3. The predicted molar refractivity (Wildman–Crippen MR) is 458 cm³/mol. The van der Waals surface area contributed by atoms with Crippen LogP contribution in [0.15, 0.2) is 102 Å². The molecule has 120 heavy (non-hydrogen) atoms. The number of aromatic nitrogens is 12. The molecule has 0 aliphatic heterocycles. The largest absolute Gasteiger partial charge is 1.00 e. The van der Waals surface area contributed by atoms with Crippen LogP contribution in [-0.2, 0) is 24.0 Å². The van der Waals surface area contributed by atoms with Crippen molar-refractivity contribution < 1.29 is 104 Å². The Hall–Kier alpha value is -8.09. The Morgan fingerprint density at radius 3 is 1.05 bits per heavy atom. The molecule has 0 spiro atoms. The topological polar surface area (TPSA) is 469 Å². The van der Waals surface area contributed by atoms with Gasteiger partial charge >= 0.3 is 40.6 Å². The quantitative estimate of drug-likeness (QED) is 0.0144. The number of carbonyl (C=O) groups is 5. The molecule has 1 fully saturated rings. The molecule has 652 valence electrons. The molecular formula is C74H100BrF6N22NaO10S6. The number of nitrogen functional groups attached to an aromatic ring is 3. The SMILES string of the molecule is C.CN[C@H]1CCCC[C@@H]1NC.COc1nc(C(C)C)c(Sc2cnc(N)nc2N)cc1SC(F)(F)F.COc1nc(C(C)C)c(Sc2cnc(NC(C)=O)nc2N)cc1SC(F)(F)F.COc1nc(C(C)C)c(Sc2cnc(NC(C)=O)nc2NC(C)=O)cc1Br.COc1nc(C(C)C)c(Sc2cnc(NC(C)=O)nc2NC(C)=O)cc1C.[Na+].[OH-]. The van der Waals surface area contributed by atoms with Crippen LogP contribution in [-0.4, -0.2) is 160 Å². The molecule has 9 rings (SSSR count). The zero-order chi connectivity index (χ0) is 87.5. The Morgan fingerprint density at radius 2 is 0.733 bits per heavy atom. The van der Waals surface area contributed by atoms with Crippen LogP contribution in [0.25, 0.3) is 0 Å². The first-order chi connectivity index (χ1) is 54.9. The number of aryl methyl sites for hydroxylation is 1. The number of nitrogens with one attached hydrogen (secondary N) is 7. The maximum atomic E-state index is 12.9. The van der Waals surface area contributed by atoms with Crippen LogP contribution >= 0.6 is 86.5 Å². The smallest absolute Gasteiger partial charge is 0.870 e. The minimum atomic E-state index is -4.49. The predicted octanol–water partition coefficient (Wildman–Crippen LogP) is 13.7. The van der Waals surface area contributed by atoms with E-state index < -0.39 is 11.0 Å². The molecule has 0 bridgehead atoms. The Balaban J connectivity index is 0.000000517. The van der Waals surface area contributed by atoms with Crippen molar-refractivity contribution in [3.05, 3.63) is 81.9 Å². The fourth-order valence-corrected chi connectivity index (χ4v) is 16.7. The Labute approximate surface area is 749 Å². The van der Waals surface area contributed by atoms with Crippen LogP contribution in [0.3, 0.4) is 0 Å². The number of thioether (sulfide) groups is 2. The first-order valence-electron chi connectivity index (χ1n) is 35.6. The number of nitrogens with zero attached hydrogens (tertiary/aromatic N) is 12. The minimum absolute atomic E-state index is 0. The third kappa shape index (κ3) is 35.0. The number of likely N-dealkylation sites (N-methyl/N-ethyl adjacent to an activating group) is 2. The molecule has 0 radical (unpaired) electrons. The normalized spacial score (nSPS) is 12.8. The number of anilines is 8. The Bertz CT molecular complexity index is 4620. The molecule has 1 saturated carbocycles. The number of hydrogen-bond acceptors (Lipinski definition) is 33. The second-order valence-corrected chi connectivity index (χ2v) is 33.6. The van der Waals surface area contributed by atoms with Crippen molar-refractivity contribution in [1.29, 1.82) is 0 Å². The van der Waals surface area contributed by atoms with Crippen molar-refractivity contribution in [3.8, 4) is 23.5 Å². The number of rotatable bonds is 25. The molecule has 8 aromatic rings. The standard InChI is InChI=1S/C18H23N5O3S.C17H20BrN5O3S.C16H18F3N5O2S2.C14H16F3N5OS2.C8H18N2.CH4.Na.H2O/c1-9(2)15-13(7-10(3)17(22-15)26-6)27-14-8-19-18(21-12(5)25)23-16(14)20-11(4)24;1-8(2)14-12(6-11(18)16(22-14)26-5)27-13-7-19-17(21-10(4)25)23-15(13)20-9(3)24;1-7(2)12-9(5-10(14(23-12)26-4)28-16(17,18)19)27-11-6-21-15(22-8(3)25)24-13(11)20;1-6(2)10-7(24-9-5-20-13(19)22-11(9)18)4-8(12(21-10)23-3)25-14(15,16)17;1-9-7-5-3-4-6-8(7)10-2;;;/h7-9H,1-6H3,(H2,19,20,21,23,24,25);6-8H,1-5H3,(H2,19,20,21,23,24,25);5-7H,1-4H3,(H3,20,21,22,24,25);4-6H,1-3H3,(H4,18,19,20,22);7-10H,3-6H2,1-2H3;1H4;;1H2/q;;;;;;+1;/p-1/t;;;;7-,8-;;;/m....0.../s1. The van der Waals surface area contributed by atoms with Crippen LogP contribution in [0.2, 0.25) is 0 Å². The third-order valence-corrected chi connectivity index (χ3v) is 21.7. The number of amides is 5. The molecule has 46 heteroatoms. The van der Waals surface area contributed by atoms with Gasteiger partial charge in [0.15, 0.2) is 11.6 Å². The van der Waals surface area contributed by atoms with Gasteiger partial charge in [-0.2, -0.15) is 46.3 Å². The van der Waals surface area contributed by atoms with Crippen LogP contribution in [0.5, 0.6) is 23.5 Å². The summed E-state index contributed by atoms with van der Waals surface area (Å²) in [6.07, 6.45) is 11.4. The van der Waals surface area contributed by atoms with Gasteiger partial charge in [0, 0.05) is 96.6 Å². The van der Waals surface area contributed by atoms with Crippen molar-refractivity contribution in [1.82, 2.24) is 70.4 Å². The summed E-state index contributed by atoms with van der Waals surface area (Å²) in [5, 5.41) is 19.5. The Kier molecular flexibility index (Phi) is 46.0. The average Bonchev–Trinajstić information content (AvgIpc) is 0.820. The summed E-state index contributed by atoms with van der Waals surface area (Å²) in [5.74, 6) is 0.815. The molecule has 1 aliphatic rings. The van der Waals surface area contributed by atoms with Gasteiger partial charge in [-0.15, -0.1) is 0 Å². The zero-order valence-electron chi connectivity index (χ0n) is 69.2. The maximum Gasteiger partial charge on any atom is 1.00 e. The molecule has 5 amide bonds. The average molecular weight is 1870 g/mol. The van der Waals surface area contributed by atoms with Crippen molar-refractivity contribution >= 4 is 163 Å². The van der Waals surface area contributed by atoms with E-state index in [1.165, 1.54) is 123 Å². The summed E-state index contributed by atoms with van der Waals surface area (Å²) < 4.78 is 98.4. The monoisotopic (exact) mass is 1860 g/mol. The molecule has 8 heterocycles. The number of carbonyl (C=O) groups excluding carboxylic acids is 5. The van der Waals surface area contributed by atoms with E-state index in [9.17, 15) is 50.3 Å². The number of halogens is 7. The van der Waals surface area contributed by atoms with Gasteiger partial charge in [-0.3, -0.25) is 39.9 Å². The number of ether oxygens (including phenoxy) is 4. The van der Waals surface area contributed by atoms with E-state index in [4.69, 9.17) is 36.1 Å². The van der Waals surface area contributed by atoms with E-state index in [2.05, 4.69) is 127 Å². The fraction of sp³-hybridized carbons (Fsp3) is 0.446. The van der Waals surface area contributed by atoms with Crippen LogP contribution in [0.1, 0.15) is 175 Å². The van der Waals surface area contributed by atoms with Crippen molar-refractivity contribution in [2.24, 2.45) is 0 Å². The van der Waals surface area contributed by atoms with Gasteiger partial charge in [0.05, 0.1) is 85.1 Å². The van der Waals surface area contributed by atoms with Gasteiger partial charge in [0.2, 0.25) is 76.8 Å². The third-order valence-electron chi connectivity index (χ3n) is 15.3. The summed E-state index contributed by atoms with van der Waals surface area (Å²) in [7, 11) is 9.82. The zero-order valence-corrected chi connectivity index (χ0v) is 77.7. The summed E-state index contributed by atoms with van der Waals surface area (Å²) in [5.41, 5.74) is 12.0. The second-order valence-electron chi connectivity index (χ2n) is 26.2. The fourth-order valence-electron chi connectivity index (χ4n) is 10.3. The summed E-state index contributed by atoms with van der Waals surface area (Å²) in [4.78, 5) is 111. The van der Waals surface area contributed by atoms with E-state index in [0.717, 1.165) is 50.3 Å². The van der Waals surface area contributed by atoms with Gasteiger partial charge in [0.1, 0.15) is 11.6 Å². The number of methoxy groups -OCH3 is 4. The van der Waals surface area contributed by atoms with Gasteiger partial charge in [0.25, 0.3) is 0 Å². The van der Waals surface area contributed by atoms with Gasteiger partial charge < -0.3 is 62.9 Å². The van der Waals surface area contributed by atoms with Gasteiger partial charge in [-0.1, -0.05) is 123 Å². The van der Waals surface area contributed by atoms with Gasteiger partial charge in [-0.25, -0.2) is 39.9 Å². The first kappa shape index (κ1) is 108. The van der Waals surface area contributed by atoms with Crippen LogP contribution < -0.4 is 103 Å². The molecule has 0 aromatic carbocycles.